The van der Waals surface area contributed by atoms with Crippen LogP contribution >= 0.6 is 0 Å². The van der Waals surface area contributed by atoms with Crippen LogP contribution < -0.4 is 18.9 Å². The Morgan fingerprint density at radius 3 is 1.00 bits per heavy atom. The maximum atomic E-state index is 13.2. The van der Waals surface area contributed by atoms with Crippen molar-refractivity contribution in [1.29, 1.82) is 0 Å². The fraction of sp³-hybridized carbons (Fsp3) is 0.296. The van der Waals surface area contributed by atoms with Gasteiger partial charge in [-0.2, -0.15) is 0 Å². The Hall–Kier alpha value is -8.26. The minimum absolute atomic E-state index is 0.0755. The quantitative estimate of drug-likeness (QED) is 0.0491. The van der Waals surface area contributed by atoms with Crippen LogP contribution in [0.1, 0.15) is 76.6 Å². The van der Waals surface area contributed by atoms with E-state index in [0.717, 1.165) is 53.4 Å². The van der Waals surface area contributed by atoms with Crippen molar-refractivity contribution in [3.8, 4) is 45.3 Å². The van der Waals surface area contributed by atoms with Crippen molar-refractivity contribution >= 4 is 11.9 Å². The van der Waals surface area contributed by atoms with Crippen LogP contribution in [0, 0.1) is 11.8 Å². The molecule has 2 heterocycles. The summed E-state index contributed by atoms with van der Waals surface area (Å²) in [5.41, 5.74) is 12.6. The molecule has 0 bridgehead atoms. The van der Waals surface area contributed by atoms with Gasteiger partial charge in [0.15, 0.2) is 0 Å². The maximum Gasteiger partial charge on any atom is 0.309 e. The number of hydrogen-bond donors (Lipinski definition) is 2. The zero-order chi connectivity index (χ0) is 56.3. The molecular formula is C71H66O12. The van der Waals surface area contributed by atoms with Crippen LogP contribution in [0.2, 0.25) is 0 Å². The number of aliphatic hydroxyl groups excluding tert-OH is 2. The Kier molecular flexibility index (Phi) is 15.3. The molecule has 2 saturated heterocycles. The molecule has 3 aliphatic carbocycles. The molecule has 8 aromatic carbocycles. The highest BCUT2D eigenvalue weighted by atomic mass is 16.6. The lowest BCUT2D eigenvalue weighted by Crippen LogP contribution is -2.32. The van der Waals surface area contributed by atoms with Gasteiger partial charge in [0.05, 0.1) is 35.4 Å². The summed E-state index contributed by atoms with van der Waals surface area (Å²) in [6, 6.07) is 66.9. The zero-order valence-corrected chi connectivity index (χ0v) is 46.1. The van der Waals surface area contributed by atoms with E-state index in [2.05, 4.69) is 146 Å². The summed E-state index contributed by atoms with van der Waals surface area (Å²) in [6.07, 6.45) is 0.979. The molecule has 13 rings (SSSR count). The molecule has 5 aliphatic rings. The third-order valence-corrected chi connectivity index (χ3v) is 17.2. The van der Waals surface area contributed by atoms with Crippen LogP contribution in [0.5, 0.6) is 23.0 Å². The standard InChI is InChI=1S/C71H66O12/c72-52(39-77-54-29-21-48(22-30-54)70(50-25-33-56(34-26-50)79-43-58-37-38-76-58)64-13-5-1-9-60(64)61-10-2-6-14-65(61)70)41-82-68(74)46-17-19-47(20-18-46)69(75)83-42-53(73)40-78-55-31-23-49(24-32-55)71(51-27-35-57(36-28-51)80-44-59-45-81-59)66-15-7-3-11-62(66)63-12-4-8-16-67(63)71/h1-16,21-36,46-47,52-53,58-59,72-73H,17-20,37-45H2. The molecule has 0 amide bonds. The number of ether oxygens (including phenoxy) is 8. The van der Waals surface area contributed by atoms with Crippen LogP contribution in [0.25, 0.3) is 22.3 Å². The lowest BCUT2D eigenvalue weighted by Gasteiger charge is -2.34. The molecule has 12 heteroatoms. The van der Waals surface area contributed by atoms with Gasteiger partial charge in [0.2, 0.25) is 0 Å². The van der Waals surface area contributed by atoms with Gasteiger partial charge in [-0.25, -0.2) is 0 Å². The monoisotopic (exact) mass is 1110 g/mol. The molecule has 422 valence electrons. The molecule has 83 heavy (non-hydrogen) atoms. The third kappa shape index (κ3) is 10.7. The lowest BCUT2D eigenvalue weighted by molar-refractivity contribution is -0.158. The SMILES string of the molecule is O=C(OCC(O)COc1ccc(C2(c3ccc(OCC4CCO4)cc3)c3ccccc3-c3ccccc32)cc1)C1CCC(C(=O)OCC(O)COc2ccc(C3(c4ccc(OCC5CO5)cc4)c4ccccc4-c4ccccc43)cc2)CC1. The van der Waals surface area contributed by atoms with E-state index in [1.807, 2.05) is 48.5 Å². The number of rotatable bonds is 22. The number of esters is 2. The third-order valence-electron chi connectivity index (χ3n) is 17.2. The number of hydrogen-bond acceptors (Lipinski definition) is 12. The summed E-state index contributed by atoms with van der Waals surface area (Å²) >= 11 is 0. The van der Waals surface area contributed by atoms with Gasteiger partial charge < -0.3 is 48.1 Å². The molecule has 2 aliphatic heterocycles. The van der Waals surface area contributed by atoms with Gasteiger partial charge in [-0.3, -0.25) is 9.59 Å². The second-order valence-electron chi connectivity index (χ2n) is 22.4. The number of benzene rings is 8. The first-order valence-corrected chi connectivity index (χ1v) is 29.0. The molecule has 12 nitrogen and oxygen atoms in total. The fourth-order valence-corrected chi connectivity index (χ4v) is 12.8. The van der Waals surface area contributed by atoms with Crippen molar-refractivity contribution in [2.75, 3.05) is 52.9 Å². The van der Waals surface area contributed by atoms with E-state index < -0.39 is 46.8 Å². The highest BCUT2D eigenvalue weighted by molar-refractivity contribution is 5.87. The van der Waals surface area contributed by atoms with E-state index in [1.165, 1.54) is 44.5 Å². The van der Waals surface area contributed by atoms with Gasteiger partial charge >= 0.3 is 11.9 Å². The highest BCUT2D eigenvalue weighted by Gasteiger charge is 2.47. The van der Waals surface area contributed by atoms with Gasteiger partial charge in [-0.05, 0) is 141 Å². The molecule has 4 atom stereocenters. The number of aliphatic hydroxyl groups is 2. The number of carbonyl (C=O) groups is 2. The van der Waals surface area contributed by atoms with Crippen LogP contribution in [0.3, 0.4) is 0 Å². The predicted octanol–water partition coefficient (Wildman–Crippen LogP) is 11.4. The van der Waals surface area contributed by atoms with E-state index in [9.17, 15) is 19.8 Å². The molecule has 2 N–H and O–H groups in total. The Bertz CT molecular complexity index is 3470. The van der Waals surface area contributed by atoms with Crippen molar-refractivity contribution < 1.29 is 57.7 Å². The van der Waals surface area contributed by atoms with Gasteiger partial charge in [-0.1, -0.05) is 146 Å². The largest absolute Gasteiger partial charge is 0.491 e. The molecular weight excluding hydrogens is 1040 g/mol. The number of fused-ring (bicyclic) bond motifs is 6. The summed E-state index contributed by atoms with van der Waals surface area (Å²) in [6.45, 7) is 1.99. The normalized spacial score (nSPS) is 20.0. The summed E-state index contributed by atoms with van der Waals surface area (Å²) in [4.78, 5) is 26.4. The van der Waals surface area contributed by atoms with Crippen molar-refractivity contribution in [3.63, 3.8) is 0 Å². The van der Waals surface area contributed by atoms with Crippen molar-refractivity contribution in [1.82, 2.24) is 0 Å². The minimum atomic E-state index is -1.06. The summed E-state index contributed by atoms with van der Waals surface area (Å²) in [5.74, 6) is 1.09. The van der Waals surface area contributed by atoms with Gasteiger partial charge in [0, 0.05) is 13.0 Å². The molecule has 1 saturated carbocycles. The number of carbonyl (C=O) groups excluding carboxylic acids is 2. The summed E-state index contributed by atoms with van der Waals surface area (Å²) in [5, 5.41) is 21.8. The molecule has 0 radical (unpaired) electrons. The molecule has 0 aromatic heterocycles. The molecule has 4 unspecified atom stereocenters. The van der Waals surface area contributed by atoms with Crippen LogP contribution in [-0.4, -0.2) is 99.4 Å². The van der Waals surface area contributed by atoms with Gasteiger partial charge in [0.25, 0.3) is 0 Å². The van der Waals surface area contributed by atoms with E-state index >= 15 is 0 Å². The highest BCUT2D eigenvalue weighted by Crippen LogP contribution is 2.58. The smallest absolute Gasteiger partial charge is 0.309 e. The van der Waals surface area contributed by atoms with Crippen LogP contribution in [0.15, 0.2) is 194 Å². The van der Waals surface area contributed by atoms with Crippen molar-refractivity contribution in [2.45, 2.75) is 67.3 Å². The average Bonchev–Trinajstić information content (AvgIpc) is 3.28. The van der Waals surface area contributed by atoms with Crippen LogP contribution in [0.4, 0.5) is 0 Å². The second kappa shape index (κ2) is 23.5. The van der Waals surface area contributed by atoms with E-state index in [-0.39, 0.29) is 38.6 Å². The molecule has 0 spiro atoms. The Balaban J connectivity index is 0.571. The number of epoxide rings is 1. The van der Waals surface area contributed by atoms with E-state index in [0.29, 0.717) is 50.4 Å². The lowest BCUT2D eigenvalue weighted by atomic mass is 9.68. The zero-order valence-electron chi connectivity index (χ0n) is 46.1. The Labute approximate surface area is 483 Å². The van der Waals surface area contributed by atoms with Gasteiger partial charge in [-0.15, -0.1) is 0 Å². The first-order chi connectivity index (χ1) is 40.7. The fourth-order valence-electron chi connectivity index (χ4n) is 12.8. The van der Waals surface area contributed by atoms with Crippen LogP contribution in [-0.2, 0) is 39.4 Å². The van der Waals surface area contributed by atoms with Crippen molar-refractivity contribution in [3.05, 3.63) is 239 Å². The molecule has 8 aromatic rings. The summed E-state index contributed by atoms with van der Waals surface area (Å²) < 4.78 is 46.3. The topological polar surface area (TPSA) is 152 Å². The average molecular weight is 1110 g/mol. The van der Waals surface area contributed by atoms with Crippen molar-refractivity contribution in [2.24, 2.45) is 11.8 Å². The first-order valence-electron chi connectivity index (χ1n) is 29.0. The second-order valence-corrected chi connectivity index (χ2v) is 22.4. The molecule has 3 fully saturated rings. The Morgan fingerprint density at radius 1 is 0.398 bits per heavy atom. The Morgan fingerprint density at radius 2 is 0.699 bits per heavy atom. The maximum absolute atomic E-state index is 13.2. The predicted molar refractivity (Wildman–Crippen MR) is 313 cm³/mol. The minimum Gasteiger partial charge on any atom is -0.491 e. The van der Waals surface area contributed by atoms with E-state index in [4.69, 9.17) is 37.9 Å². The van der Waals surface area contributed by atoms with E-state index in [1.54, 1.807) is 0 Å². The first kappa shape index (κ1) is 54.0. The van der Waals surface area contributed by atoms with Gasteiger partial charge in [0.1, 0.15) is 81.0 Å². The summed E-state index contributed by atoms with van der Waals surface area (Å²) in [7, 11) is 0.